The second-order valence-electron chi connectivity index (χ2n) is 7.37. The van der Waals surface area contributed by atoms with Gasteiger partial charge in [0.15, 0.2) is 5.82 Å². The van der Waals surface area contributed by atoms with E-state index in [4.69, 9.17) is 0 Å². The quantitative estimate of drug-likeness (QED) is 0.856. The minimum Gasteiger partial charge on any atom is -0.354 e. The van der Waals surface area contributed by atoms with Crippen molar-refractivity contribution in [1.29, 1.82) is 0 Å². The van der Waals surface area contributed by atoms with Crippen LogP contribution < -0.4 is 4.90 Å². The second kappa shape index (κ2) is 7.52. The summed E-state index contributed by atoms with van der Waals surface area (Å²) in [5, 5.41) is 4.29. The van der Waals surface area contributed by atoms with Crippen molar-refractivity contribution >= 4 is 5.82 Å². The van der Waals surface area contributed by atoms with Crippen LogP contribution in [0.3, 0.4) is 0 Å². The molecule has 25 heavy (non-hydrogen) atoms. The summed E-state index contributed by atoms with van der Waals surface area (Å²) in [6, 6.07) is 3.97. The summed E-state index contributed by atoms with van der Waals surface area (Å²) in [4.78, 5) is 14.2. The lowest BCUT2D eigenvalue weighted by molar-refractivity contribution is 0.191. The van der Waals surface area contributed by atoms with Gasteiger partial charge in [-0.15, -0.1) is 0 Å². The monoisotopic (exact) mass is 340 g/mol. The molecule has 1 aliphatic carbocycles. The highest BCUT2D eigenvalue weighted by molar-refractivity contribution is 5.44. The zero-order chi connectivity index (χ0) is 17.1. The zero-order valence-corrected chi connectivity index (χ0v) is 15.1. The molecule has 0 N–H and O–H groups in total. The number of nitrogens with zero attached hydrogens (tertiary/aromatic N) is 6. The summed E-state index contributed by atoms with van der Waals surface area (Å²) in [5.74, 6) is 3.59. The van der Waals surface area contributed by atoms with Crippen LogP contribution in [0.1, 0.15) is 37.9 Å². The van der Waals surface area contributed by atoms with Gasteiger partial charge in [-0.2, -0.15) is 5.10 Å². The Labute approximate surface area is 149 Å². The molecule has 4 rings (SSSR count). The number of aryl methyl sites for hydroxylation is 1. The molecule has 0 amide bonds. The molecule has 0 radical (unpaired) electrons. The number of hydrogen-bond donors (Lipinski definition) is 0. The Morgan fingerprint density at radius 3 is 2.48 bits per heavy atom. The number of aromatic nitrogens is 4. The molecule has 2 aromatic rings. The Hall–Kier alpha value is -1.95. The average Bonchev–Trinajstić information content (AvgIpc) is 3.17. The van der Waals surface area contributed by atoms with Gasteiger partial charge in [-0.25, -0.2) is 14.6 Å². The maximum atomic E-state index is 4.66. The first-order valence-corrected chi connectivity index (χ1v) is 9.61. The van der Waals surface area contributed by atoms with Gasteiger partial charge in [-0.3, -0.25) is 4.90 Å². The van der Waals surface area contributed by atoms with Crippen molar-refractivity contribution < 1.29 is 0 Å². The molecule has 2 fully saturated rings. The van der Waals surface area contributed by atoms with Crippen molar-refractivity contribution in [1.82, 2.24) is 24.6 Å². The molecular formula is C19H28N6. The molecule has 2 aromatic heterocycles. The molecule has 3 heterocycles. The van der Waals surface area contributed by atoms with E-state index in [1.165, 1.54) is 38.6 Å². The van der Waals surface area contributed by atoms with Crippen LogP contribution >= 0.6 is 0 Å². The number of rotatable bonds is 4. The summed E-state index contributed by atoms with van der Waals surface area (Å²) in [6.45, 7) is 7.60. The van der Waals surface area contributed by atoms with Gasteiger partial charge < -0.3 is 4.90 Å². The van der Waals surface area contributed by atoms with Gasteiger partial charge in [0.05, 0.1) is 0 Å². The molecule has 0 atom stereocenters. The van der Waals surface area contributed by atoms with Gasteiger partial charge in [-0.05, 0) is 31.7 Å². The molecule has 1 saturated carbocycles. The summed E-state index contributed by atoms with van der Waals surface area (Å²) in [5.41, 5.74) is 0. The molecule has 0 aromatic carbocycles. The number of piperazine rings is 1. The van der Waals surface area contributed by atoms with Crippen molar-refractivity contribution in [3.8, 4) is 5.82 Å². The maximum absolute atomic E-state index is 4.66. The van der Waals surface area contributed by atoms with E-state index in [9.17, 15) is 0 Å². The lowest BCUT2D eigenvalue weighted by Gasteiger charge is -2.37. The van der Waals surface area contributed by atoms with Gasteiger partial charge in [-0.1, -0.05) is 19.3 Å². The fourth-order valence-corrected chi connectivity index (χ4v) is 4.11. The van der Waals surface area contributed by atoms with Gasteiger partial charge >= 0.3 is 0 Å². The fourth-order valence-electron chi connectivity index (χ4n) is 4.11. The Bertz CT molecular complexity index is 669. The molecule has 0 bridgehead atoms. The van der Waals surface area contributed by atoms with Crippen molar-refractivity contribution in [2.75, 3.05) is 37.6 Å². The Morgan fingerprint density at radius 2 is 1.76 bits per heavy atom. The van der Waals surface area contributed by atoms with Crippen molar-refractivity contribution in [2.24, 2.45) is 5.92 Å². The van der Waals surface area contributed by atoms with Crippen LogP contribution in [0, 0.1) is 12.8 Å². The SMILES string of the molecule is Cc1nc(N2CCN(CC3CCCCC3)CC2)cc(-n2cccn2)n1. The highest BCUT2D eigenvalue weighted by atomic mass is 15.3. The van der Waals surface area contributed by atoms with Crippen LogP contribution in [0.4, 0.5) is 5.82 Å². The standard InChI is InChI=1S/C19H28N6/c1-16-21-18(14-19(22-16)25-9-5-8-20-25)24-12-10-23(11-13-24)15-17-6-3-2-4-7-17/h5,8-9,14,17H,2-4,6-7,10-13,15H2,1H3. The van der Waals surface area contributed by atoms with Gasteiger partial charge in [0.1, 0.15) is 11.6 Å². The first-order chi connectivity index (χ1) is 12.3. The fraction of sp³-hybridized carbons (Fsp3) is 0.632. The number of hydrogen-bond acceptors (Lipinski definition) is 5. The summed E-state index contributed by atoms with van der Waals surface area (Å²) >= 11 is 0. The Balaban J connectivity index is 1.39. The molecular weight excluding hydrogens is 312 g/mol. The van der Waals surface area contributed by atoms with Crippen molar-refractivity contribution in [3.63, 3.8) is 0 Å². The molecule has 6 heteroatoms. The van der Waals surface area contributed by atoms with Crippen LogP contribution in [0.15, 0.2) is 24.5 Å². The molecule has 2 aliphatic rings. The third-order valence-electron chi connectivity index (χ3n) is 5.49. The van der Waals surface area contributed by atoms with Crippen LogP contribution in [0.25, 0.3) is 5.82 Å². The van der Waals surface area contributed by atoms with Crippen molar-refractivity contribution in [3.05, 3.63) is 30.4 Å². The van der Waals surface area contributed by atoms with E-state index in [2.05, 4.69) is 30.9 Å². The van der Waals surface area contributed by atoms with E-state index in [1.807, 2.05) is 19.2 Å². The lowest BCUT2D eigenvalue weighted by atomic mass is 9.89. The molecule has 1 saturated heterocycles. The van der Waals surface area contributed by atoms with Crippen LogP contribution in [-0.2, 0) is 0 Å². The van der Waals surface area contributed by atoms with Gasteiger partial charge in [0, 0.05) is 51.2 Å². The summed E-state index contributed by atoms with van der Waals surface area (Å²) < 4.78 is 1.80. The second-order valence-corrected chi connectivity index (χ2v) is 7.37. The van der Waals surface area contributed by atoms with E-state index in [1.54, 1.807) is 10.9 Å². The molecule has 1 aliphatic heterocycles. The van der Waals surface area contributed by atoms with E-state index < -0.39 is 0 Å². The first kappa shape index (κ1) is 16.5. The van der Waals surface area contributed by atoms with E-state index in [-0.39, 0.29) is 0 Å². The van der Waals surface area contributed by atoms with Gasteiger partial charge in [0.2, 0.25) is 0 Å². The smallest absolute Gasteiger partial charge is 0.159 e. The van der Waals surface area contributed by atoms with Crippen LogP contribution in [0.2, 0.25) is 0 Å². The first-order valence-electron chi connectivity index (χ1n) is 9.61. The highest BCUT2D eigenvalue weighted by Gasteiger charge is 2.22. The minimum atomic E-state index is 0.799. The lowest BCUT2D eigenvalue weighted by Crippen LogP contribution is -2.48. The van der Waals surface area contributed by atoms with E-state index in [0.29, 0.717) is 0 Å². The van der Waals surface area contributed by atoms with E-state index >= 15 is 0 Å². The van der Waals surface area contributed by atoms with Crippen LogP contribution in [-0.4, -0.2) is 57.4 Å². The maximum Gasteiger partial charge on any atom is 0.159 e. The molecule has 134 valence electrons. The van der Waals surface area contributed by atoms with Crippen LogP contribution in [0.5, 0.6) is 0 Å². The average molecular weight is 340 g/mol. The molecule has 0 spiro atoms. The highest BCUT2D eigenvalue weighted by Crippen LogP contribution is 2.25. The zero-order valence-electron chi connectivity index (χ0n) is 15.1. The Morgan fingerprint density at radius 1 is 1.00 bits per heavy atom. The summed E-state index contributed by atoms with van der Waals surface area (Å²) in [6.07, 6.45) is 10.9. The topological polar surface area (TPSA) is 50.1 Å². The minimum absolute atomic E-state index is 0.799. The molecule has 6 nitrogen and oxygen atoms in total. The van der Waals surface area contributed by atoms with E-state index in [0.717, 1.165) is 49.6 Å². The Kier molecular flexibility index (Phi) is 4.97. The summed E-state index contributed by atoms with van der Waals surface area (Å²) in [7, 11) is 0. The third kappa shape index (κ3) is 4.00. The normalized spacial score (nSPS) is 20.1. The van der Waals surface area contributed by atoms with Crippen molar-refractivity contribution in [2.45, 2.75) is 39.0 Å². The van der Waals surface area contributed by atoms with Gasteiger partial charge in [0.25, 0.3) is 0 Å². The molecule has 0 unspecified atom stereocenters. The third-order valence-corrected chi connectivity index (χ3v) is 5.49. The number of anilines is 1. The largest absolute Gasteiger partial charge is 0.354 e. The predicted molar refractivity (Wildman–Crippen MR) is 99.1 cm³/mol. The predicted octanol–water partition coefficient (Wildman–Crippen LogP) is 2.67.